The first-order valence-electron chi connectivity index (χ1n) is 5.07. The summed E-state index contributed by atoms with van der Waals surface area (Å²) in [5, 5.41) is 8.82. The summed E-state index contributed by atoms with van der Waals surface area (Å²) in [6.45, 7) is 0.106. The van der Waals surface area contributed by atoms with Crippen molar-refractivity contribution >= 4 is 11.8 Å². The second-order valence-electron chi connectivity index (χ2n) is 3.40. The molecule has 0 aliphatic carbocycles. The molecule has 0 aliphatic heterocycles. The van der Waals surface area contributed by atoms with E-state index in [2.05, 4.69) is 0 Å². The Balaban J connectivity index is 3.47. The molecule has 1 N–H and O–H groups in total. The van der Waals surface area contributed by atoms with Crippen molar-refractivity contribution in [2.75, 3.05) is 21.3 Å². The fraction of sp³-hybridized carbons (Fsp3) is 0.333. The Hall–Kier alpha value is -2.08. The second kappa shape index (κ2) is 6.02. The molecule has 0 amide bonds. The van der Waals surface area contributed by atoms with Gasteiger partial charge in [0.15, 0.2) is 11.5 Å². The fourth-order valence-corrected chi connectivity index (χ4v) is 1.60. The number of Topliss-reactive ketones (excluding diaryl/α,β-unsaturated/α-hetero) is 1. The molecular formula is C12H14O6. The Morgan fingerprint density at radius 3 is 2.28 bits per heavy atom. The van der Waals surface area contributed by atoms with E-state index < -0.39 is 11.8 Å². The zero-order valence-electron chi connectivity index (χ0n) is 10.4. The minimum atomic E-state index is -1.56. The van der Waals surface area contributed by atoms with Gasteiger partial charge in [0.2, 0.25) is 0 Å². The number of aliphatic carboxylic acids is 1. The minimum Gasteiger partial charge on any atom is -0.493 e. The van der Waals surface area contributed by atoms with Gasteiger partial charge in [0, 0.05) is 7.11 Å². The number of carbonyl (C=O) groups excluding carboxylic acids is 1. The molecule has 0 aliphatic rings. The Kier molecular flexibility index (Phi) is 4.67. The number of carboxylic acids is 1. The molecule has 0 spiro atoms. The highest BCUT2D eigenvalue weighted by atomic mass is 16.5. The average Bonchev–Trinajstić information content (AvgIpc) is 2.37. The molecule has 1 aromatic carbocycles. The second-order valence-corrected chi connectivity index (χ2v) is 3.40. The van der Waals surface area contributed by atoms with Crippen LogP contribution in [-0.4, -0.2) is 38.2 Å². The highest BCUT2D eigenvalue weighted by molar-refractivity contribution is 6.41. The van der Waals surface area contributed by atoms with Crippen LogP contribution in [0.3, 0.4) is 0 Å². The van der Waals surface area contributed by atoms with Gasteiger partial charge in [0.1, 0.15) is 0 Å². The number of carboxylic acid groups (broad SMARTS) is 1. The summed E-state index contributed by atoms with van der Waals surface area (Å²) < 4.78 is 15.0. The molecule has 0 saturated carbocycles. The van der Waals surface area contributed by atoms with Crippen molar-refractivity contribution in [2.45, 2.75) is 6.61 Å². The summed E-state index contributed by atoms with van der Waals surface area (Å²) in [6.07, 6.45) is 0. The van der Waals surface area contributed by atoms with Crippen LogP contribution in [0.4, 0.5) is 0 Å². The highest BCUT2D eigenvalue weighted by Gasteiger charge is 2.25. The number of carbonyl (C=O) groups is 2. The van der Waals surface area contributed by atoms with Crippen molar-refractivity contribution in [3.63, 3.8) is 0 Å². The third-order valence-corrected chi connectivity index (χ3v) is 2.35. The summed E-state index contributed by atoms with van der Waals surface area (Å²) in [5.41, 5.74) is 0.383. The molecule has 0 bridgehead atoms. The van der Waals surface area contributed by atoms with Crippen molar-refractivity contribution in [1.29, 1.82) is 0 Å². The van der Waals surface area contributed by atoms with Crippen LogP contribution in [-0.2, 0) is 16.1 Å². The summed E-state index contributed by atoms with van der Waals surface area (Å²) in [4.78, 5) is 22.5. The third kappa shape index (κ3) is 2.60. The van der Waals surface area contributed by atoms with Crippen LogP contribution in [0.25, 0.3) is 0 Å². The average molecular weight is 254 g/mol. The van der Waals surface area contributed by atoms with E-state index in [0.717, 1.165) is 0 Å². The van der Waals surface area contributed by atoms with Gasteiger partial charge in [0.05, 0.1) is 26.4 Å². The van der Waals surface area contributed by atoms with E-state index in [1.165, 1.54) is 21.3 Å². The van der Waals surface area contributed by atoms with E-state index in [1.807, 2.05) is 0 Å². The van der Waals surface area contributed by atoms with Crippen LogP contribution in [0.15, 0.2) is 12.1 Å². The van der Waals surface area contributed by atoms with Gasteiger partial charge in [-0.25, -0.2) is 4.79 Å². The molecule has 0 radical (unpaired) electrons. The van der Waals surface area contributed by atoms with Crippen LogP contribution in [0.2, 0.25) is 0 Å². The van der Waals surface area contributed by atoms with Crippen molar-refractivity contribution in [3.05, 3.63) is 23.3 Å². The van der Waals surface area contributed by atoms with E-state index in [0.29, 0.717) is 11.3 Å². The molecule has 0 saturated heterocycles. The molecule has 0 aromatic heterocycles. The first kappa shape index (κ1) is 14.0. The number of rotatable bonds is 6. The first-order chi connectivity index (χ1) is 8.56. The molecule has 0 fully saturated rings. The van der Waals surface area contributed by atoms with Gasteiger partial charge in [-0.1, -0.05) is 6.07 Å². The quantitative estimate of drug-likeness (QED) is 0.605. The van der Waals surface area contributed by atoms with E-state index in [-0.39, 0.29) is 17.9 Å². The highest BCUT2D eigenvalue weighted by Crippen LogP contribution is 2.34. The molecule has 1 rings (SSSR count). The number of ether oxygens (including phenoxy) is 3. The molecular weight excluding hydrogens is 240 g/mol. The van der Waals surface area contributed by atoms with Gasteiger partial charge >= 0.3 is 5.97 Å². The number of hydrogen-bond donors (Lipinski definition) is 1. The van der Waals surface area contributed by atoms with Crippen molar-refractivity contribution in [2.24, 2.45) is 0 Å². The van der Waals surface area contributed by atoms with Crippen molar-refractivity contribution in [3.8, 4) is 11.5 Å². The van der Waals surface area contributed by atoms with E-state index >= 15 is 0 Å². The fourth-order valence-electron chi connectivity index (χ4n) is 1.60. The molecule has 0 atom stereocenters. The first-order valence-corrected chi connectivity index (χ1v) is 5.07. The molecule has 18 heavy (non-hydrogen) atoms. The van der Waals surface area contributed by atoms with Gasteiger partial charge in [-0.2, -0.15) is 0 Å². The van der Waals surface area contributed by atoms with Gasteiger partial charge < -0.3 is 19.3 Å². The van der Waals surface area contributed by atoms with Crippen molar-refractivity contribution < 1.29 is 28.9 Å². The smallest absolute Gasteiger partial charge is 0.377 e. The summed E-state index contributed by atoms with van der Waals surface area (Å²) >= 11 is 0. The topological polar surface area (TPSA) is 82.1 Å². The number of ketones is 1. The molecule has 98 valence electrons. The van der Waals surface area contributed by atoms with E-state index in [1.54, 1.807) is 12.1 Å². The number of hydrogen-bond acceptors (Lipinski definition) is 5. The maximum absolute atomic E-state index is 11.7. The third-order valence-electron chi connectivity index (χ3n) is 2.35. The molecule has 0 heterocycles. The summed E-state index contributed by atoms with van der Waals surface area (Å²) in [5.74, 6) is -2.22. The van der Waals surface area contributed by atoms with Gasteiger partial charge in [0.25, 0.3) is 5.78 Å². The lowest BCUT2D eigenvalue weighted by atomic mass is 10.0. The monoisotopic (exact) mass is 254 g/mol. The van der Waals surface area contributed by atoms with Gasteiger partial charge in [-0.3, -0.25) is 4.79 Å². The van der Waals surface area contributed by atoms with E-state index in [4.69, 9.17) is 19.3 Å². The number of methoxy groups -OCH3 is 3. The lowest BCUT2D eigenvalue weighted by Gasteiger charge is -2.14. The lowest BCUT2D eigenvalue weighted by Crippen LogP contribution is -2.17. The van der Waals surface area contributed by atoms with Crippen LogP contribution >= 0.6 is 0 Å². The lowest BCUT2D eigenvalue weighted by molar-refractivity contribution is -0.131. The van der Waals surface area contributed by atoms with E-state index in [9.17, 15) is 9.59 Å². The van der Waals surface area contributed by atoms with Crippen molar-refractivity contribution in [1.82, 2.24) is 0 Å². The zero-order chi connectivity index (χ0) is 13.7. The van der Waals surface area contributed by atoms with Crippen LogP contribution in [0, 0.1) is 0 Å². The van der Waals surface area contributed by atoms with Crippen LogP contribution in [0.5, 0.6) is 11.5 Å². The predicted molar refractivity (Wildman–Crippen MR) is 62.2 cm³/mol. The van der Waals surface area contributed by atoms with Gasteiger partial charge in [-0.15, -0.1) is 0 Å². The predicted octanol–water partition coefficient (Wildman–Crippen LogP) is 1.12. The van der Waals surface area contributed by atoms with Crippen LogP contribution < -0.4 is 9.47 Å². The van der Waals surface area contributed by atoms with Crippen LogP contribution in [0.1, 0.15) is 15.9 Å². The summed E-state index contributed by atoms with van der Waals surface area (Å²) in [7, 11) is 4.20. The molecule has 1 aromatic rings. The maximum atomic E-state index is 11.7. The SMILES string of the molecule is COCc1ccc(OC)c(OC)c1C(=O)C(=O)O. The Morgan fingerprint density at radius 1 is 1.17 bits per heavy atom. The Labute approximate surface area is 104 Å². The standard InChI is InChI=1S/C12H14O6/c1-16-6-7-4-5-8(17-2)11(18-3)9(7)10(13)12(14)15/h4-5H,6H2,1-3H3,(H,14,15). The minimum absolute atomic E-state index is 0.0498. The maximum Gasteiger partial charge on any atom is 0.377 e. The number of benzene rings is 1. The molecule has 6 heteroatoms. The molecule has 0 unspecified atom stereocenters. The largest absolute Gasteiger partial charge is 0.493 e. The normalized spacial score (nSPS) is 9.94. The Bertz CT molecular complexity index is 466. The molecule has 6 nitrogen and oxygen atoms in total. The Morgan fingerprint density at radius 2 is 1.83 bits per heavy atom. The summed E-state index contributed by atoms with van der Waals surface area (Å²) in [6, 6.07) is 3.16. The van der Waals surface area contributed by atoms with Gasteiger partial charge in [-0.05, 0) is 11.6 Å². The zero-order valence-corrected chi connectivity index (χ0v) is 10.4.